The predicted molar refractivity (Wildman–Crippen MR) is 53.0 cm³/mol. The van der Waals surface area contributed by atoms with Gasteiger partial charge in [0.05, 0.1) is 6.61 Å². The van der Waals surface area contributed by atoms with Crippen molar-refractivity contribution >= 4 is 16.8 Å². The van der Waals surface area contributed by atoms with Crippen LogP contribution in [0.3, 0.4) is 0 Å². The molecule has 0 aromatic rings. The third-order valence-corrected chi connectivity index (χ3v) is 2.26. The van der Waals surface area contributed by atoms with Gasteiger partial charge >= 0.3 is 5.97 Å². The summed E-state index contributed by atoms with van der Waals surface area (Å²) in [6.45, 7) is 4.47. The maximum Gasteiger partial charge on any atom is 0.322 e. The summed E-state index contributed by atoms with van der Waals surface area (Å²) < 4.78 is 15.5. The van der Waals surface area contributed by atoms with Gasteiger partial charge in [0, 0.05) is 29.4 Å². The van der Waals surface area contributed by atoms with Crippen LogP contribution in [0.1, 0.15) is 13.8 Å². The van der Waals surface area contributed by atoms with Crippen molar-refractivity contribution in [2.45, 2.75) is 19.9 Å². The number of nitrogens with one attached hydrogen (secondary N) is 1. The van der Waals surface area contributed by atoms with E-state index in [4.69, 9.17) is 4.74 Å². The van der Waals surface area contributed by atoms with Crippen molar-refractivity contribution in [1.82, 2.24) is 5.32 Å². The maximum absolute atomic E-state index is 11.1. The molecule has 0 aliphatic rings. The van der Waals surface area contributed by atoms with Gasteiger partial charge in [-0.3, -0.25) is 9.00 Å². The number of carbonyl (C=O) groups excluding carboxylic acids is 1. The Bertz CT molecular complexity index is 184. The molecule has 1 N–H and O–H groups in total. The van der Waals surface area contributed by atoms with Crippen LogP contribution in [-0.4, -0.2) is 41.4 Å². The Balaban J connectivity index is 3.55. The van der Waals surface area contributed by atoms with E-state index in [-0.39, 0.29) is 12.0 Å². The zero-order valence-corrected chi connectivity index (χ0v) is 9.15. The molecule has 0 radical (unpaired) electrons. The van der Waals surface area contributed by atoms with E-state index in [0.29, 0.717) is 18.9 Å². The van der Waals surface area contributed by atoms with Crippen LogP contribution in [0.4, 0.5) is 0 Å². The average molecular weight is 207 g/mol. The molecule has 0 rings (SSSR count). The third kappa shape index (κ3) is 6.72. The van der Waals surface area contributed by atoms with Crippen LogP contribution in [0.25, 0.3) is 0 Å². The van der Waals surface area contributed by atoms with E-state index in [9.17, 15) is 9.00 Å². The topological polar surface area (TPSA) is 55.4 Å². The van der Waals surface area contributed by atoms with Crippen molar-refractivity contribution in [3.8, 4) is 0 Å². The van der Waals surface area contributed by atoms with Crippen LogP contribution in [-0.2, 0) is 20.3 Å². The molecule has 4 nitrogen and oxygen atoms in total. The zero-order valence-electron chi connectivity index (χ0n) is 8.33. The summed E-state index contributed by atoms with van der Waals surface area (Å²) in [5.41, 5.74) is 0. The first-order valence-corrected chi connectivity index (χ1v) is 6.00. The van der Waals surface area contributed by atoms with Gasteiger partial charge in [-0.05, 0) is 13.8 Å². The highest BCUT2D eigenvalue weighted by Crippen LogP contribution is 1.87. The van der Waals surface area contributed by atoms with Gasteiger partial charge in [-0.15, -0.1) is 0 Å². The summed E-state index contributed by atoms with van der Waals surface area (Å²) in [7, 11) is -0.814. The van der Waals surface area contributed by atoms with E-state index in [1.54, 1.807) is 20.1 Å². The van der Waals surface area contributed by atoms with Gasteiger partial charge in [0.25, 0.3) is 0 Å². The van der Waals surface area contributed by atoms with Gasteiger partial charge < -0.3 is 10.1 Å². The first-order chi connectivity index (χ1) is 6.07. The highest BCUT2D eigenvalue weighted by Gasteiger charge is 2.12. The van der Waals surface area contributed by atoms with Crippen molar-refractivity contribution in [3.05, 3.63) is 0 Å². The summed E-state index contributed by atoms with van der Waals surface area (Å²) >= 11 is 0. The molecule has 0 heterocycles. The van der Waals surface area contributed by atoms with Crippen molar-refractivity contribution < 1.29 is 13.7 Å². The van der Waals surface area contributed by atoms with Gasteiger partial charge in [0.1, 0.15) is 6.04 Å². The lowest BCUT2D eigenvalue weighted by atomic mass is 10.3. The SMILES string of the molecule is CCOC(=O)C(C)NCCS(C)=O. The second-order valence-corrected chi connectivity index (χ2v) is 4.26. The molecular weight excluding hydrogens is 190 g/mol. The standard InChI is InChI=1S/C8H17NO3S/c1-4-12-8(10)7(2)9-5-6-13(3)11/h7,9H,4-6H2,1-3H3. The van der Waals surface area contributed by atoms with Crippen molar-refractivity contribution in [2.24, 2.45) is 0 Å². The summed E-state index contributed by atoms with van der Waals surface area (Å²) in [5, 5.41) is 2.93. The molecule has 0 bridgehead atoms. The molecule has 0 saturated heterocycles. The molecule has 2 atom stereocenters. The van der Waals surface area contributed by atoms with E-state index in [0.717, 1.165) is 0 Å². The van der Waals surface area contributed by atoms with Crippen molar-refractivity contribution in [3.63, 3.8) is 0 Å². The molecule has 2 unspecified atom stereocenters. The fraction of sp³-hybridized carbons (Fsp3) is 0.875. The molecule has 13 heavy (non-hydrogen) atoms. The van der Waals surface area contributed by atoms with E-state index >= 15 is 0 Å². The minimum absolute atomic E-state index is 0.260. The van der Waals surface area contributed by atoms with Crippen LogP contribution < -0.4 is 5.32 Å². The monoisotopic (exact) mass is 207 g/mol. The minimum Gasteiger partial charge on any atom is -0.465 e. The molecule has 0 saturated carbocycles. The smallest absolute Gasteiger partial charge is 0.322 e. The second-order valence-electron chi connectivity index (χ2n) is 2.71. The third-order valence-electron chi connectivity index (χ3n) is 1.48. The van der Waals surface area contributed by atoms with Crippen LogP contribution >= 0.6 is 0 Å². The van der Waals surface area contributed by atoms with Crippen LogP contribution in [0.2, 0.25) is 0 Å². The normalized spacial score (nSPS) is 15.0. The molecule has 0 aromatic carbocycles. The van der Waals surface area contributed by atoms with Crippen molar-refractivity contribution in [2.75, 3.05) is 25.2 Å². The van der Waals surface area contributed by atoms with Crippen molar-refractivity contribution in [1.29, 1.82) is 0 Å². The molecule has 0 fully saturated rings. The van der Waals surface area contributed by atoms with Gasteiger partial charge in [0.15, 0.2) is 0 Å². The van der Waals surface area contributed by atoms with Gasteiger partial charge in [-0.1, -0.05) is 0 Å². The fourth-order valence-electron chi connectivity index (χ4n) is 0.770. The molecule has 5 heteroatoms. The highest BCUT2D eigenvalue weighted by molar-refractivity contribution is 7.84. The predicted octanol–water partition coefficient (Wildman–Crippen LogP) is -0.0939. The molecular formula is C8H17NO3S. The zero-order chi connectivity index (χ0) is 10.3. The van der Waals surface area contributed by atoms with E-state index in [2.05, 4.69) is 5.32 Å². The van der Waals surface area contributed by atoms with E-state index in [1.165, 1.54) is 0 Å². The fourth-order valence-corrected chi connectivity index (χ4v) is 1.18. The van der Waals surface area contributed by atoms with Crippen LogP contribution in [0, 0.1) is 0 Å². The highest BCUT2D eigenvalue weighted by atomic mass is 32.2. The summed E-state index contributed by atoms with van der Waals surface area (Å²) in [6, 6.07) is -0.316. The average Bonchev–Trinajstić information content (AvgIpc) is 2.04. The lowest BCUT2D eigenvalue weighted by molar-refractivity contribution is -0.145. The lowest BCUT2D eigenvalue weighted by Gasteiger charge is -2.11. The summed E-state index contributed by atoms with van der Waals surface area (Å²) in [4.78, 5) is 11.1. The molecule has 0 spiro atoms. The van der Waals surface area contributed by atoms with E-state index < -0.39 is 10.8 Å². The van der Waals surface area contributed by atoms with Gasteiger partial charge in [0.2, 0.25) is 0 Å². The molecule has 0 aromatic heterocycles. The van der Waals surface area contributed by atoms with Gasteiger partial charge in [-0.25, -0.2) is 0 Å². The maximum atomic E-state index is 11.1. The number of carbonyl (C=O) groups is 1. The number of hydrogen-bond donors (Lipinski definition) is 1. The van der Waals surface area contributed by atoms with Crippen LogP contribution in [0.15, 0.2) is 0 Å². The lowest BCUT2D eigenvalue weighted by Crippen LogP contribution is -2.37. The largest absolute Gasteiger partial charge is 0.465 e. The number of ether oxygens (including phenoxy) is 1. The first kappa shape index (κ1) is 12.6. The Morgan fingerprint density at radius 2 is 2.23 bits per heavy atom. The molecule has 0 amide bonds. The molecule has 0 aliphatic carbocycles. The number of hydrogen-bond acceptors (Lipinski definition) is 4. The molecule has 0 aliphatic heterocycles. The minimum atomic E-state index is -0.814. The quantitative estimate of drug-likeness (QED) is 0.618. The Morgan fingerprint density at radius 3 is 2.69 bits per heavy atom. The van der Waals surface area contributed by atoms with Gasteiger partial charge in [-0.2, -0.15) is 0 Å². The Labute approximate surface area is 81.5 Å². The van der Waals surface area contributed by atoms with E-state index in [1.807, 2.05) is 0 Å². The molecule has 78 valence electrons. The Kier molecular flexibility index (Phi) is 6.80. The summed E-state index contributed by atoms with van der Waals surface area (Å²) in [6.07, 6.45) is 1.64. The number of rotatable bonds is 6. The Hall–Kier alpha value is -0.420. The van der Waals surface area contributed by atoms with Crippen LogP contribution in [0.5, 0.6) is 0 Å². The first-order valence-electron chi connectivity index (χ1n) is 4.28. The Morgan fingerprint density at radius 1 is 1.62 bits per heavy atom. The summed E-state index contributed by atoms with van der Waals surface area (Å²) in [5.74, 6) is 0.299. The number of esters is 1. The second kappa shape index (κ2) is 7.03.